The highest BCUT2D eigenvalue weighted by atomic mass is 16.6. The highest BCUT2D eigenvalue weighted by molar-refractivity contribution is 5.90. The van der Waals surface area contributed by atoms with Crippen molar-refractivity contribution in [1.29, 1.82) is 0 Å². The molecule has 2 saturated carbocycles. The largest absolute Gasteiger partial charge is 0.464 e. The zero-order valence-corrected chi connectivity index (χ0v) is 28.4. The topological polar surface area (TPSA) is 194 Å². The van der Waals surface area contributed by atoms with Gasteiger partial charge in [0.1, 0.15) is 29.8 Å². The molecule has 1 aliphatic heterocycles. The van der Waals surface area contributed by atoms with E-state index < -0.39 is 107 Å². The molecule has 266 valence electrons. The van der Waals surface area contributed by atoms with Gasteiger partial charge in [0.2, 0.25) is 5.76 Å². The van der Waals surface area contributed by atoms with Gasteiger partial charge in [0, 0.05) is 20.3 Å². The number of carbonyl (C=O) groups excluding carboxylic acids is 5. The van der Waals surface area contributed by atoms with Crippen LogP contribution < -0.4 is 0 Å². The first kappa shape index (κ1) is 36.0. The molecule has 2 bridgehead atoms. The molecular weight excluding hydrogens is 644 g/mol. The number of fused-ring (bicyclic) bond motifs is 1. The van der Waals surface area contributed by atoms with Gasteiger partial charge in [-0.15, -0.1) is 0 Å². The van der Waals surface area contributed by atoms with E-state index in [0.29, 0.717) is 0 Å². The van der Waals surface area contributed by atoms with E-state index in [0.717, 1.165) is 13.8 Å². The zero-order valence-electron chi connectivity index (χ0n) is 28.4. The second-order valence-corrected chi connectivity index (χ2v) is 13.9. The number of hydrogen-bond acceptors (Lipinski definition) is 14. The molecule has 49 heavy (non-hydrogen) atoms. The molecule has 14 heteroatoms. The van der Waals surface area contributed by atoms with Crippen LogP contribution >= 0.6 is 0 Å². The maximum absolute atomic E-state index is 14.0. The monoisotopic (exact) mass is 686 g/mol. The van der Waals surface area contributed by atoms with Crippen molar-refractivity contribution in [2.45, 2.75) is 102 Å². The third-order valence-corrected chi connectivity index (χ3v) is 9.82. The summed E-state index contributed by atoms with van der Waals surface area (Å²) in [4.78, 5) is 66.2. The maximum atomic E-state index is 14.0. The molecule has 2 aromatic rings. The SMILES string of the molecule is CC(=O)OC1CC(C)(O)C23OC(C)(C)C(C(OC(=O)c4ccco4)C(OC(=O)c4ccccc4)C2(COC(=O)C(C)C)C1OC(C)=O)C3O. The Labute approximate surface area is 282 Å². The molecular formula is C35H42O14. The Balaban J connectivity index is 1.85. The fourth-order valence-corrected chi connectivity index (χ4v) is 8.05. The summed E-state index contributed by atoms with van der Waals surface area (Å²) in [5, 5.41) is 25.0. The minimum Gasteiger partial charge on any atom is -0.464 e. The molecule has 1 aromatic carbocycles. The molecule has 9 atom stereocenters. The number of aliphatic hydroxyl groups excluding tert-OH is 1. The smallest absolute Gasteiger partial charge is 0.374 e. The summed E-state index contributed by atoms with van der Waals surface area (Å²) in [7, 11) is 0. The van der Waals surface area contributed by atoms with Crippen LogP contribution in [-0.2, 0) is 42.8 Å². The van der Waals surface area contributed by atoms with Gasteiger partial charge in [-0.1, -0.05) is 32.0 Å². The van der Waals surface area contributed by atoms with Crippen LogP contribution in [-0.4, -0.2) is 94.0 Å². The van der Waals surface area contributed by atoms with E-state index in [2.05, 4.69) is 0 Å². The first-order valence-corrected chi connectivity index (χ1v) is 16.0. The summed E-state index contributed by atoms with van der Waals surface area (Å²) in [6.07, 6.45) is -7.50. The Hall–Kier alpha value is -4.27. The minimum absolute atomic E-state index is 0.0729. The molecule has 1 spiro atoms. The van der Waals surface area contributed by atoms with Gasteiger partial charge < -0.3 is 43.1 Å². The van der Waals surface area contributed by atoms with Crippen molar-refractivity contribution in [2.75, 3.05) is 6.61 Å². The quantitative estimate of drug-likeness (QED) is 0.289. The number of esters is 5. The lowest BCUT2D eigenvalue weighted by atomic mass is 9.45. The van der Waals surface area contributed by atoms with E-state index in [-0.39, 0.29) is 11.3 Å². The zero-order chi connectivity index (χ0) is 36.1. The van der Waals surface area contributed by atoms with Crippen molar-refractivity contribution in [3.8, 4) is 0 Å². The minimum atomic E-state index is -2.30. The molecule has 1 saturated heterocycles. The fourth-order valence-electron chi connectivity index (χ4n) is 8.05. The van der Waals surface area contributed by atoms with Crippen LogP contribution in [0.15, 0.2) is 53.1 Å². The Bertz CT molecular complexity index is 1580. The van der Waals surface area contributed by atoms with Crippen molar-refractivity contribution >= 4 is 29.8 Å². The van der Waals surface area contributed by atoms with Crippen LogP contribution in [0.5, 0.6) is 0 Å². The molecule has 14 nitrogen and oxygen atoms in total. The van der Waals surface area contributed by atoms with Gasteiger partial charge in [-0.25, -0.2) is 9.59 Å². The summed E-state index contributed by atoms with van der Waals surface area (Å²) >= 11 is 0. The second kappa shape index (κ2) is 12.9. The number of hydrogen-bond donors (Lipinski definition) is 2. The molecule has 2 aliphatic carbocycles. The Kier molecular flexibility index (Phi) is 9.47. The molecule has 9 unspecified atom stereocenters. The number of carbonyl (C=O) groups is 5. The lowest BCUT2D eigenvalue weighted by Crippen LogP contribution is -2.85. The van der Waals surface area contributed by atoms with Gasteiger partial charge in [-0.2, -0.15) is 0 Å². The van der Waals surface area contributed by atoms with E-state index in [4.69, 9.17) is 32.8 Å². The van der Waals surface area contributed by atoms with Crippen molar-refractivity contribution in [3.63, 3.8) is 0 Å². The molecule has 0 radical (unpaired) electrons. The number of rotatable bonds is 9. The Morgan fingerprint density at radius 1 is 0.878 bits per heavy atom. The van der Waals surface area contributed by atoms with Crippen LogP contribution in [0.2, 0.25) is 0 Å². The molecule has 0 amide bonds. The second-order valence-electron chi connectivity index (χ2n) is 13.9. The number of ether oxygens (including phenoxy) is 6. The highest BCUT2D eigenvalue weighted by Crippen LogP contribution is 2.69. The predicted octanol–water partition coefficient (Wildman–Crippen LogP) is 2.77. The number of aliphatic hydroxyl groups is 2. The molecule has 5 rings (SSSR count). The Morgan fingerprint density at radius 3 is 2.10 bits per heavy atom. The first-order chi connectivity index (χ1) is 22.9. The van der Waals surface area contributed by atoms with Gasteiger partial charge in [-0.05, 0) is 45.0 Å². The van der Waals surface area contributed by atoms with Gasteiger partial charge >= 0.3 is 29.8 Å². The third kappa shape index (κ3) is 5.89. The Morgan fingerprint density at radius 2 is 1.53 bits per heavy atom. The van der Waals surface area contributed by atoms with Gasteiger partial charge in [-0.3, -0.25) is 14.4 Å². The average Bonchev–Trinajstić information content (AvgIpc) is 3.61. The highest BCUT2D eigenvalue weighted by Gasteiger charge is 2.88. The van der Waals surface area contributed by atoms with Crippen LogP contribution in [0, 0.1) is 17.3 Å². The molecule has 2 heterocycles. The molecule has 3 aliphatic rings. The summed E-state index contributed by atoms with van der Waals surface area (Å²) in [6, 6.07) is 10.6. The van der Waals surface area contributed by atoms with Crippen molar-refractivity contribution in [1.82, 2.24) is 0 Å². The van der Waals surface area contributed by atoms with Crippen LogP contribution in [0.4, 0.5) is 0 Å². The van der Waals surface area contributed by atoms with Crippen LogP contribution in [0.25, 0.3) is 0 Å². The normalized spacial score (nSPS) is 34.3. The predicted molar refractivity (Wildman–Crippen MR) is 166 cm³/mol. The fraction of sp³-hybridized carbons (Fsp3) is 0.571. The summed E-state index contributed by atoms with van der Waals surface area (Å²) in [5.74, 6) is -6.50. The number of benzene rings is 1. The third-order valence-electron chi connectivity index (χ3n) is 9.82. The van der Waals surface area contributed by atoms with Crippen LogP contribution in [0.1, 0.15) is 75.8 Å². The van der Waals surface area contributed by atoms with Crippen molar-refractivity contribution in [3.05, 3.63) is 60.1 Å². The standard InChI is InChI=1S/C35H42O14/c1-18(2)29(39)44-17-34-27(46-20(4)37)23(45-19(3)36)16-33(7,42)35(34)26(38)24(32(5,6)49-35)25(47-31(41)22-14-11-15-43-22)28(34)48-30(40)21-12-9-8-10-13-21/h8-15,18,23-28,38,42H,16-17H2,1-7H3. The summed E-state index contributed by atoms with van der Waals surface area (Å²) < 4.78 is 41.8. The van der Waals surface area contributed by atoms with E-state index in [9.17, 15) is 34.2 Å². The first-order valence-electron chi connectivity index (χ1n) is 16.0. The van der Waals surface area contributed by atoms with E-state index in [1.54, 1.807) is 45.9 Å². The maximum Gasteiger partial charge on any atom is 0.374 e. The number of furan rings is 1. The van der Waals surface area contributed by atoms with Crippen LogP contribution in [0.3, 0.4) is 0 Å². The van der Waals surface area contributed by atoms with E-state index in [1.807, 2.05) is 0 Å². The van der Waals surface area contributed by atoms with Gasteiger partial charge in [0.15, 0.2) is 12.2 Å². The van der Waals surface area contributed by atoms with Gasteiger partial charge in [0.05, 0.1) is 41.0 Å². The average molecular weight is 687 g/mol. The lowest BCUT2D eigenvalue weighted by Gasteiger charge is -2.66. The van der Waals surface area contributed by atoms with Gasteiger partial charge in [0.25, 0.3) is 0 Å². The molecule has 3 fully saturated rings. The van der Waals surface area contributed by atoms with E-state index in [1.165, 1.54) is 37.5 Å². The summed E-state index contributed by atoms with van der Waals surface area (Å²) in [5.41, 5.74) is -8.10. The van der Waals surface area contributed by atoms with E-state index >= 15 is 0 Å². The molecule has 1 aromatic heterocycles. The summed E-state index contributed by atoms with van der Waals surface area (Å²) in [6.45, 7) is 9.02. The lowest BCUT2D eigenvalue weighted by molar-refractivity contribution is -0.362. The van der Waals surface area contributed by atoms with Crippen molar-refractivity contribution in [2.24, 2.45) is 17.3 Å². The molecule has 2 N–H and O–H groups in total. The van der Waals surface area contributed by atoms with Crippen molar-refractivity contribution < 1.29 is 67.0 Å².